The summed E-state index contributed by atoms with van der Waals surface area (Å²) in [5.74, 6) is 0.537. The number of hydrogen-bond donors (Lipinski definition) is 0. The van der Waals surface area contributed by atoms with Gasteiger partial charge in [0.25, 0.3) is 0 Å². The van der Waals surface area contributed by atoms with Crippen molar-refractivity contribution in [1.82, 2.24) is 15.0 Å². The molecule has 0 aliphatic heterocycles. The van der Waals surface area contributed by atoms with Crippen LogP contribution in [-0.2, 0) is 6.42 Å². The summed E-state index contributed by atoms with van der Waals surface area (Å²) in [5, 5.41) is 8.69. The van der Waals surface area contributed by atoms with E-state index in [2.05, 4.69) is 26.2 Å². The number of hydrogen-bond acceptors (Lipinski definition) is 2. The molecule has 0 bridgehead atoms. The van der Waals surface area contributed by atoms with E-state index in [0.29, 0.717) is 17.3 Å². The van der Waals surface area contributed by atoms with E-state index in [1.165, 1.54) is 0 Å². The first kappa shape index (κ1) is 11.9. The molecule has 0 fully saturated rings. The van der Waals surface area contributed by atoms with Crippen molar-refractivity contribution in [2.45, 2.75) is 6.42 Å². The van der Waals surface area contributed by atoms with Crippen molar-refractivity contribution in [1.29, 1.82) is 0 Å². The minimum Gasteiger partial charge on any atom is -0.219 e. The fraction of sp³-hybridized carbons (Fsp3) is 0.200. The lowest BCUT2D eigenvalue weighted by atomic mass is 10.3. The number of aromatic nitrogens is 3. The topological polar surface area (TPSA) is 30.7 Å². The third-order valence-corrected chi connectivity index (χ3v) is 3.64. The first-order valence-electron chi connectivity index (χ1n) is 4.64. The summed E-state index contributed by atoms with van der Waals surface area (Å²) in [6.07, 6.45) is 2.55. The van der Waals surface area contributed by atoms with E-state index in [-0.39, 0.29) is 0 Å². The highest BCUT2D eigenvalue weighted by Gasteiger charge is 2.08. The smallest absolute Gasteiger partial charge is 0.0843 e. The van der Waals surface area contributed by atoms with Gasteiger partial charge in [-0.1, -0.05) is 22.9 Å². The lowest BCUT2D eigenvalue weighted by molar-refractivity contribution is 0.795. The minimum atomic E-state index is 0.537. The Bertz CT molecular complexity index is 499. The average Bonchev–Trinajstić information content (AvgIpc) is 2.71. The van der Waals surface area contributed by atoms with E-state index < -0.39 is 0 Å². The Morgan fingerprint density at radius 2 is 2.19 bits per heavy atom. The second-order valence-corrected chi connectivity index (χ2v) is 4.74. The van der Waals surface area contributed by atoms with Crippen molar-refractivity contribution in [3.63, 3.8) is 0 Å². The number of rotatable bonds is 3. The van der Waals surface area contributed by atoms with E-state index in [9.17, 15) is 0 Å². The van der Waals surface area contributed by atoms with E-state index in [0.717, 1.165) is 15.9 Å². The summed E-state index contributed by atoms with van der Waals surface area (Å²) in [4.78, 5) is 0. The molecular formula is C10H8BrCl2N3. The van der Waals surface area contributed by atoms with Crippen LogP contribution in [0.25, 0.3) is 5.69 Å². The lowest BCUT2D eigenvalue weighted by Crippen LogP contribution is -1.96. The lowest BCUT2D eigenvalue weighted by Gasteiger charge is -2.04. The Kier molecular flexibility index (Phi) is 3.84. The molecule has 1 heterocycles. The fourth-order valence-corrected chi connectivity index (χ4v) is 2.11. The number of alkyl halides is 1. The predicted octanol–water partition coefficient (Wildman–Crippen LogP) is 3.46. The molecule has 1 aromatic heterocycles. The quantitative estimate of drug-likeness (QED) is 0.811. The third-order valence-electron chi connectivity index (χ3n) is 2.07. The Balaban J connectivity index is 2.39. The van der Waals surface area contributed by atoms with Crippen molar-refractivity contribution >= 4 is 39.1 Å². The van der Waals surface area contributed by atoms with Gasteiger partial charge < -0.3 is 0 Å². The van der Waals surface area contributed by atoms with Crippen molar-refractivity contribution in [3.8, 4) is 5.69 Å². The van der Waals surface area contributed by atoms with Crippen LogP contribution in [0.3, 0.4) is 0 Å². The van der Waals surface area contributed by atoms with Gasteiger partial charge in [-0.15, -0.1) is 16.7 Å². The molecule has 6 heteroatoms. The SMILES string of the molecule is ClCCc1cn(-c2cccc(Cl)c2Br)nn1. The molecule has 0 saturated heterocycles. The van der Waals surface area contributed by atoms with Crippen molar-refractivity contribution in [2.24, 2.45) is 0 Å². The zero-order chi connectivity index (χ0) is 11.5. The number of halogens is 3. The normalized spacial score (nSPS) is 10.7. The van der Waals surface area contributed by atoms with Gasteiger partial charge in [0.15, 0.2) is 0 Å². The Hall–Kier alpha value is -0.580. The highest BCUT2D eigenvalue weighted by Crippen LogP contribution is 2.28. The molecule has 16 heavy (non-hydrogen) atoms. The van der Waals surface area contributed by atoms with Crippen molar-refractivity contribution in [3.05, 3.63) is 39.6 Å². The van der Waals surface area contributed by atoms with E-state index in [4.69, 9.17) is 23.2 Å². The zero-order valence-corrected chi connectivity index (χ0v) is 11.3. The molecule has 2 rings (SSSR count). The molecule has 0 spiro atoms. The Morgan fingerprint density at radius 3 is 2.94 bits per heavy atom. The monoisotopic (exact) mass is 319 g/mol. The van der Waals surface area contributed by atoms with Gasteiger partial charge in [-0.2, -0.15) is 0 Å². The number of nitrogens with zero attached hydrogens (tertiary/aromatic N) is 3. The van der Waals surface area contributed by atoms with Crippen LogP contribution in [-0.4, -0.2) is 20.9 Å². The Morgan fingerprint density at radius 1 is 1.38 bits per heavy atom. The summed E-state index contributed by atoms with van der Waals surface area (Å²) in [5.41, 5.74) is 1.72. The maximum absolute atomic E-state index is 6.00. The van der Waals surface area contributed by atoms with E-state index >= 15 is 0 Å². The molecule has 0 aliphatic carbocycles. The van der Waals surface area contributed by atoms with Crippen LogP contribution in [0.2, 0.25) is 5.02 Å². The van der Waals surface area contributed by atoms with Crippen LogP contribution in [0.5, 0.6) is 0 Å². The van der Waals surface area contributed by atoms with Gasteiger partial charge in [0.05, 0.1) is 27.1 Å². The van der Waals surface area contributed by atoms with E-state index in [1.54, 1.807) is 4.68 Å². The van der Waals surface area contributed by atoms with Gasteiger partial charge in [0.1, 0.15) is 0 Å². The number of aryl methyl sites for hydroxylation is 1. The summed E-state index contributed by atoms with van der Waals surface area (Å²) in [6, 6.07) is 5.59. The summed E-state index contributed by atoms with van der Waals surface area (Å²) in [6.45, 7) is 0. The molecule has 2 aromatic rings. The maximum Gasteiger partial charge on any atom is 0.0843 e. The fourth-order valence-electron chi connectivity index (χ4n) is 1.30. The molecular weight excluding hydrogens is 313 g/mol. The largest absolute Gasteiger partial charge is 0.219 e. The summed E-state index contributed by atoms with van der Waals surface area (Å²) in [7, 11) is 0. The standard InChI is InChI=1S/C10H8BrCl2N3/c11-10-8(13)2-1-3-9(10)16-6-7(4-5-12)14-15-16/h1-3,6H,4-5H2. The average molecular weight is 321 g/mol. The van der Waals surface area contributed by atoms with E-state index in [1.807, 2.05) is 24.4 Å². The molecule has 0 atom stereocenters. The minimum absolute atomic E-state index is 0.537. The Labute approximate surface area is 111 Å². The second kappa shape index (κ2) is 5.17. The van der Waals surface area contributed by atoms with Crippen LogP contribution in [0.1, 0.15) is 5.69 Å². The van der Waals surface area contributed by atoms with Gasteiger partial charge in [0.2, 0.25) is 0 Å². The van der Waals surface area contributed by atoms with Crippen LogP contribution in [0.15, 0.2) is 28.9 Å². The van der Waals surface area contributed by atoms with Crippen LogP contribution >= 0.6 is 39.1 Å². The van der Waals surface area contributed by atoms with Crippen LogP contribution < -0.4 is 0 Å². The molecule has 0 unspecified atom stereocenters. The molecule has 0 saturated carbocycles. The van der Waals surface area contributed by atoms with Gasteiger partial charge in [-0.25, -0.2) is 4.68 Å². The highest BCUT2D eigenvalue weighted by atomic mass is 79.9. The zero-order valence-electron chi connectivity index (χ0n) is 8.20. The third kappa shape index (κ3) is 2.39. The molecule has 3 nitrogen and oxygen atoms in total. The number of benzene rings is 1. The van der Waals surface area contributed by atoms with Crippen molar-refractivity contribution < 1.29 is 0 Å². The molecule has 0 amide bonds. The maximum atomic E-state index is 6.00. The van der Waals surface area contributed by atoms with Crippen LogP contribution in [0.4, 0.5) is 0 Å². The molecule has 1 aromatic carbocycles. The second-order valence-electron chi connectivity index (χ2n) is 3.17. The van der Waals surface area contributed by atoms with Gasteiger partial charge in [-0.3, -0.25) is 0 Å². The van der Waals surface area contributed by atoms with Gasteiger partial charge >= 0.3 is 0 Å². The predicted molar refractivity (Wildman–Crippen MR) is 68.5 cm³/mol. The molecule has 0 radical (unpaired) electrons. The summed E-state index contributed by atoms with van der Waals surface area (Å²) < 4.78 is 2.48. The highest BCUT2D eigenvalue weighted by molar-refractivity contribution is 9.10. The van der Waals surface area contributed by atoms with Crippen LogP contribution in [0, 0.1) is 0 Å². The first-order valence-corrected chi connectivity index (χ1v) is 6.34. The van der Waals surface area contributed by atoms with Gasteiger partial charge in [-0.05, 0) is 28.1 Å². The molecule has 0 N–H and O–H groups in total. The summed E-state index contributed by atoms with van der Waals surface area (Å²) >= 11 is 15.1. The van der Waals surface area contributed by atoms with Gasteiger partial charge in [0, 0.05) is 12.3 Å². The van der Waals surface area contributed by atoms with Crippen molar-refractivity contribution in [2.75, 3.05) is 5.88 Å². The first-order chi connectivity index (χ1) is 7.72. The molecule has 84 valence electrons. The molecule has 0 aliphatic rings.